The minimum atomic E-state index is -3.66. The van der Waals surface area contributed by atoms with Gasteiger partial charge in [0.2, 0.25) is 0 Å². The third kappa shape index (κ3) is 3.72. The van der Waals surface area contributed by atoms with Gasteiger partial charge in [-0.25, -0.2) is 0 Å². The Bertz CT molecular complexity index is 530. The number of nitrogen functional groups attached to an aromatic ring is 1. The van der Waals surface area contributed by atoms with Crippen LogP contribution in [0.5, 0.6) is 0 Å². The first-order chi connectivity index (χ1) is 9.26. The van der Waals surface area contributed by atoms with Crippen LogP contribution in [0, 0.1) is 0 Å². The number of nitrogens with zero attached hydrogens (tertiary/aromatic N) is 2. The maximum atomic E-state index is 11.7. The average Bonchev–Trinajstić information content (AvgIpc) is 2.67. The van der Waals surface area contributed by atoms with Crippen molar-refractivity contribution < 1.29 is 24.2 Å². The first-order valence-electron chi connectivity index (χ1n) is 6.03. The third-order valence-corrected chi connectivity index (χ3v) is 3.60. The summed E-state index contributed by atoms with van der Waals surface area (Å²) in [6.45, 7) is 1.02. The van der Waals surface area contributed by atoms with Crippen LogP contribution in [0.15, 0.2) is 17.1 Å². The number of aliphatic hydroxyl groups is 1. The third-order valence-electron chi connectivity index (χ3n) is 2.89. The summed E-state index contributed by atoms with van der Waals surface area (Å²) in [5.41, 5.74) is 4.81. The van der Waals surface area contributed by atoms with E-state index < -0.39 is 32.1 Å². The number of aromatic nitrogens is 2. The summed E-state index contributed by atoms with van der Waals surface area (Å²) in [6.07, 6.45) is -0.697. The van der Waals surface area contributed by atoms with E-state index >= 15 is 0 Å². The molecule has 1 unspecified atom stereocenters. The second-order valence-corrected chi connectivity index (χ2v) is 6.88. The Labute approximate surface area is 115 Å². The van der Waals surface area contributed by atoms with E-state index in [-0.39, 0.29) is 18.8 Å². The first kappa shape index (κ1) is 15.3. The average molecular weight is 307 g/mol. The van der Waals surface area contributed by atoms with Crippen LogP contribution >= 0.6 is 7.94 Å². The molecule has 0 spiro atoms. The molecule has 1 aliphatic rings. The predicted octanol–water partition coefficient (Wildman–Crippen LogP) is -1.40. The molecule has 0 bridgehead atoms. The molecule has 10 heteroatoms. The van der Waals surface area contributed by atoms with Crippen molar-refractivity contribution in [3.05, 3.63) is 22.7 Å². The standard InChI is InChI=1S/C10H18N3O6P/c1-20(16,17)18-5-7-6(14)4-9(19-7)13-3-2-8(11)12-10(13)15/h2-3,6-7,9,14,16-17,20H,4-5H2,1H3,(H2,11,12,15)/t6?,7-,9-/m1/s1. The van der Waals surface area contributed by atoms with E-state index in [1.165, 1.54) is 23.5 Å². The quantitative estimate of drug-likeness (QED) is 0.498. The Balaban J connectivity index is 2.05. The molecule has 1 saturated heterocycles. The van der Waals surface area contributed by atoms with Crippen molar-refractivity contribution >= 4 is 13.8 Å². The van der Waals surface area contributed by atoms with Gasteiger partial charge in [-0.15, -0.1) is 0 Å². The molecule has 5 N–H and O–H groups in total. The van der Waals surface area contributed by atoms with Gasteiger partial charge < -0.3 is 0 Å². The van der Waals surface area contributed by atoms with Crippen LogP contribution in [0.4, 0.5) is 5.82 Å². The molecular weight excluding hydrogens is 289 g/mol. The van der Waals surface area contributed by atoms with Crippen molar-refractivity contribution in [2.24, 2.45) is 0 Å². The number of anilines is 1. The summed E-state index contributed by atoms with van der Waals surface area (Å²) in [4.78, 5) is 33.6. The Hall–Kier alpha value is -1.09. The Morgan fingerprint density at radius 1 is 1.65 bits per heavy atom. The molecule has 20 heavy (non-hydrogen) atoms. The van der Waals surface area contributed by atoms with Gasteiger partial charge in [-0.05, 0) is 0 Å². The molecule has 114 valence electrons. The van der Waals surface area contributed by atoms with Crippen molar-refractivity contribution in [1.82, 2.24) is 9.55 Å². The second kappa shape index (κ2) is 5.72. The van der Waals surface area contributed by atoms with Gasteiger partial charge in [-0.3, -0.25) is 0 Å². The van der Waals surface area contributed by atoms with E-state index in [0.29, 0.717) is 0 Å². The van der Waals surface area contributed by atoms with Crippen molar-refractivity contribution in [1.29, 1.82) is 0 Å². The number of ether oxygens (including phenoxy) is 1. The Morgan fingerprint density at radius 3 is 2.95 bits per heavy atom. The van der Waals surface area contributed by atoms with Crippen LogP contribution in [0.1, 0.15) is 12.6 Å². The summed E-state index contributed by atoms with van der Waals surface area (Å²) < 4.78 is 11.6. The van der Waals surface area contributed by atoms with Gasteiger partial charge >= 0.3 is 114 Å². The molecular formula is C10H18N3O6P. The summed E-state index contributed by atoms with van der Waals surface area (Å²) in [7, 11) is -3.66. The maximum absolute atomic E-state index is 11.7. The zero-order chi connectivity index (χ0) is 14.9. The van der Waals surface area contributed by atoms with Gasteiger partial charge in [0.1, 0.15) is 0 Å². The van der Waals surface area contributed by atoms with E-state index in [2.05, 4.69) is 4.98 Å². The summed E-state index contributed by atoms with van der Waals surface area (Å²) in [5.74, 6) is 0.104. The predicted molar refractivity (Wildman–Crippen MR) is 72.1 cm³/mol. The molecule has 2 rings (SSSR count). The van der Waals surface area contributed by atoms with Gasteiger partial charge in [0.25, 0.3) is 0 Å². The van der Waals surface area contributed by atoms with E-state index in [4.69, 9.17) is 15.0 Å². The van der Waals surface area contributed by atoms with E-state index in [1.54, 1.807) is 0 Å². The molecule has 0 aliphatic carbocycles. The van der Waals surface area contributed by atoms with Crippen LogP contribution in [0.2, 0.25) is 0 Å². The molecule has 1 aliphatic heterocycles. The molecule has 1 aromatic heterocycles. The molecule has 0 saturated carbocycles. The van der Waals surface area contributed by atoms with Crippen LogP contribution in [0.25, 0.3) is 0 Å². The first-order valence-corrected chi connectivity index (χ1v) is 8.33. The number of aliphatic hydroxyl groups excluding tert-OH is 1. The fourth-order valence-corrected chi connectivity index (χ4v) is 2.40. The van der Waals surface area contributed by atoms with Gasteiger partial charge in [0.15, 0.2) is 0 Å². The van der Waals surface area contributed by atoms with Crippen molar-refractivity contribution in [3.63, 3.8) is 0 Å². The molecule has 0 amide bonds. The summed E-state index contributed by atoms with van der Waals surface area (Å²) in [6, 6.07) is 1.45. The number of hydrogen-bond donors (Lipinski definition) is 4. The topological polar surface area (TPSA) is 140 Å². The zero-order valence-corrected chi connectivity index (χ0v) is 11.8. The second-order valence-electron chi connectivity index (χ2n) is 4.72. The van der Waals surface area contributed by atoms with Crippen LogP contribution < -0.4 is 11.4 Å². The monoisotopic (exact) mass is 307 g/mol. The normalized spacial score (nSPS) is 27.7. The molecule has 0 aromatic carbocycles. The van der Waals surface area contributed by atoms with Crippen molar-refractivity contribution in [2.45, 2.75) is 24.9 Å². The van der Waals surface area contributed by atoms with Crippen molar-refractivity contribution in [2.75, 3.05) is 19.0 Å². The number of rotatable bonds is 4. The SMILES string of the molecule is C[PH](O)(O)OC[C@H]1O[C@@H](n2ccc(N)nc2=O)CC1O. The van der Waals surface area contributed by atoms with E-state index in [0.717, 1.165) is 0 Å². The minimum absolute atomic E-state index is 0.104. The Morgan fingerprint density at radius 2 is 2.35 bits per heavy atom. The van der Waals surface area contributed by atoms with Crippen molar-refractivity contribution in [3.8, 4) is 0 Å². The van der Waals surface area contributed by atoms with Crippen LogP contribution in [-0.4, -0.2) is 49.9 Å². The Kier molecular flexibility index (Phi) is 4.38. The van der Waals surface area contributed by atoms with Gasteiger partial charge in [0.05, 0.1) is 0 Å². The van der Waals surface area contributed by atoms with Crippen LogP contribution in [-0.2, 0) is 9.26 Å². The van der Waals surface area contributed by atoms with Gasteiger partial charge in [-0.2, -0.15) is 0 Å². The zero-order valence-electron chi connectivity index (χ0n) is 10.8. The van der Waals surface area contributed by atoms with Crippen LogP contribution in [0.3, 0.4) is 0 Å². The molecule has 1 fully saturated rings. The summed E-state index contributed by atoms with van der Waals surface area (Å²) >= 11 is 0. The van der Waals surface area contributed by atoms with E-state index in [1.807, 2.05) is 0 Å². The fraction of sp³-hybridized carbons (Fsp3) is 0.600. The fourth-order valence-electron chi connectivity index (χ4n) is 1.92. The molecule has 3 atom stereocenters. The molecule has 9 nitrogen and oxygen atoms in total. The molecule has 1 aromatic rings. The number of nitrogens with two attached hydrogens (primary N) is 1. The van der Waals surface area contributed by atoms with E-state index in [9.17, 15) is 19.7 Å². The van der Waals surface area contributed by atoms with Gasteiger partial charge in [-0.1, -0.05) is 0 Å². The molecule has 0 radical (unpaired) electrons. The van der Waals surface area contributed by atoms with Gasteiger partial charge in [0, 0.05) is 0 Å². The summed E-state index contributed by atoms with van der Waals surface area (Å²) in [5, 5.41) is 9.85. The number of hydrogen-bond acceptors (Lipinski definition) is 8. The molecule has 2 heterocycles.